The second-order valence-corrected chi connectivity index (χ2v) is 5.59. The van der Waals surface area contributed by atoms with Crippen LogP contribution in [0.2, 0.25) is 0 Å². The molecule has 0 aliphatic heterocycles. The van der Waals surface area contributed by atoms with Crippen LogP contribution in [0.25, 0.3) is 10.9 Å². The van der Waals surface area contributed by atoms with Crippen molar-refractivity contribution in [1.29, 1.82) is 5.26 Å². The molecule has 0 saturated carbocycles. The second kappa shape index (κ2) is 6.37. The highest BCUT2D eigenvalue weighted by Gasteiger charge is 2.07. The third-order valence-electron chi connectivity index (χ3n) is 3.74. The molecule has 1 heterocycles. The van der Waals surface area contributed by atoms with Gasteiger partial charge >= 0.3 is 0 Å². The average molecular weight is 302 g/mol. The van der Waals surface area contributed by atoms with E-state index >= 15 is 0 Å². The number of benzene rings is 2. The fraction of sp³-hybridized carbons (Fsp3) is 0.158. The van der Waals surface area contributed by atoms with Crippen LogP contribution in [0, 0.1) is 11.3 Å². The molecule has 1 aromatic heterocycles. The Morgan fingerprint density at radius 3 is 2.52 bits per heavy atom. The van der Waals surface area contributed by atoms with Crippen molar-refractivity contribution >= 4 is 22.4 Å². The van der Waals surface area contributed by atoms with Crippen LogP contribution in [0.3, 0.4) is 0 Å². The van der Waals surface area contributed by atoms with E-state index in [1.54, 1.807) is 0 Å². The van der Waals surface area contributed by atoms with Gasteiger partial charge in [0.25, 0.3) is 0 Å². The van der Waals surface area contributed by atoms with Gasteiger partial charge in [-0.3, -0.25) is 0 Å². The Morgan fingerprint density at radius 1 is 1.09 bits per heavy atom. The maximum absolute atomic E-state index is 8.86. The van der Waals surface area contributed by atoms with E-state index in [0.717, 1.165) is 22.4 Å². The van der Waals surface area contributed by atoms with Crippen LogP contribution in [0.4, 0.5) is 11.5 Å². The molecule has 2 aromatic carbocycles. The molecule has 0 spiro atoms. The summed E-state index contributed by atoms with van der Waals surface area (Å²) in [5.41, 5.74) is 3.86. The largest absolute Gasteiger partial charge is 0.381 e. The van der Waals surface area contributed by atoms with Crippen LogP contribution in [0.15, 0.2) is 54.6 Å². The van der Waals surface area contributed by atoms with Crippen molar-refractivity contribution in [1.82, 2.24) is 4.98 Å². The normalized spacial score (nSPS) is 10.3. The number of aromatic nitrogens is 1. The Balaban J connectivity index is 1.90. The lowest BCUT2D eigenvalue weighted by Gasteiger charge is -2.16. The molecule has 0 amide bonds. The van der Waals surface area contributed by atoms with Gasteiger partial charge in [0.1, 0.15) is 5.82 Å². The van der Waals surface area contributed by atoms with E-state index in [-0.39, 0.29) is 0 Å². The molecule has 3 aromatic rings. The van der Waals surface area contributed by atoms with Crippen LogP contribution >= 0.6 is 0 Å². The lowest BCUT2D eigenvalue weighted by molar-refractivity contribution is 1.06. The molecule has 0 aliphatic carbocycles. The Labute approximate surface area is 136 Å². The minimum Gasteiger partial charge on any atom is -0.381 e. The van der Waals surface area contributed by atoms with Gasteiger partial charge in [-0.05, 0) is 42.0 Å². The Hall–Kier alpha value is -3.06. The van der Waals surface area contributed by atoms with Gasteiger partial charge in [0, 0.05) is 31.7 Å². The summed E-state index contributed by atoms with van der Waals surface area (Å²) in [4.78, 5) is 6.69. The van der Waals surface area contributed by atoms with E-state index < -0.39 is 0 Å². The van der Waals surface area contributed by atoms with Crippen LogP contribution < -0.4 is 10.2 Å². The van der Waals surface area contributed by atoms with E-state index in [4.69, 9.17) is 5.26 Å². The van der Waals surface area contributed by atoms with Gasteiger partial charge < -0.3 is 10.2 Å². The minimum absolute atomic E-state index is 0.666. The number of pyridine rings is 1. The molecule has 4 heteroatoms. The first-order chi connectivity index (χ1) is 11.2. The second-order valence-electron chi connectivity index (χ2n) is 5.59. The Morgan fingerprint density at radius 2 is 1.83 bits per heavy atom. The molecular formula is C19H18N4. The van der Waals surface area contributed by atoms with Gasteiger partial charge in [0.15, 0.2) is 0 Å². The number of nitrogens with zero attached hydrogens (tertiary/aromatic N) is 3. The number of hydrogen-bond acceptors (Lipinski definition) is 4. The van der Waals surface area contributed by atoms with E-state index in [2.05, 4.69) is 28.5 Å². The highest BCUT2D eigenvalue weighted by Crippen LogP contribution is 2.23. The van der Waals surface area contributed by atoms with Crippen molar-refractivity contribution in [3.8, 4) is 6.07 Å². The number of para-hydroxylation sites is 1. The van der Waals surface area contributed by atoms with E-state index in [9.17, 15) is 0 Å². The average Bonchev–Trinajstić information content (AvgIpc) is 2.59. The predicted octanol–water partition coefficient (Wildman–Crippen LogP) is 3.78. The van der Waals surface area contributed by atoms with Gasteiger partial charge in [-0.15, -0.1) is 0 Å². The number of fused-ring (bicyclic) bond motifs is 1. The molecular weight excluding hydrogens is 284 g/mol. The van der Waals surface area contributed by atoms with Gasteiger partial charge in [-0.1, -0.05) is 18.2 Å². The summed E-state index contributed by atoms with van der Waals surface area (Å²) in [5.74, 6) is 0.945. The van der Waals surface area contributed by atoms with Crippen molar-refractivity contribution < 1.29 is 0 Å². The highest BCUT2D eigenvalue weighted by atomic mass is 15.1. The van der Waals surface area contributed by atoms with Crippen molar-refractivity contribution in [2.75, 3.05) is 24.3 Å². The first-order valence-electron chi connectivity index (χ1n) is 7.47. The number of hydrogen-bond donors (Lipinski definition) is 1. The van der Waals surface area contributed by atoms with Crippen LogP contribution in [-0.4, -0.2) is 19.1 Å². The van der Waals surface area contributed by atoms with Crippen molar-refractivity contribution in [2.24, 2.45) is 0 Å². The summed E-state index contributed by atoms with van der Waals surface area (Å²) >= 11 is 0. The lowest BCUT2D eigenvalue weighted by atomic mass is 10.1. The van der Waals surface area contributed by atoms with Crippen LogP contribution in [-0.2, 0) is 6.54 Å². The quantitative estimate of drug-likeness (QED) is 0.796. The van der Waals surface area contributed by atoms with E-state index in [1.807, 2.05) is 61.5 Å². The van der Waals surface area contributed by atoms with E-state index in [1.165, 1.54) is 5.56 Å². The lowest BCUT2D eigenvalue weighted by Crippen LogP contribution is -2.12. The van der Waals surface area contributed by atoms with Gasteiger partial charge in [-0.2, -0.15) is 5.26 Å². The molecule has 4 nitrogen and oxygen atoms in total. The molecule has 0 radical (unpaired) electrons. The topological polar surface area (TPSA) is 52.0 Å². The zero-order valence-corrected chi connectivity index (χ0v) is 13.2. The number of nitriles is 1. The fourth-order valence-corrected chi connectivity index (χ4v) is 2.47. The molecule has 0 unspecified atom stereocenters. The van der Waals surface area contributed by atoms with Crippen molar-refractivity contribution in [3.05, 3.63) is 65.7 Å². The molecule has 1 N–H and O–H groups in total. The van der Waals surface area contributed by atoms with Gasteiger partial charge in [0.2, 0.25) is 0 Å². The SMILES string of the molecule is CN(C)c1cc(CNc2ccc(C#N)cc2)c2ccccc2n1. The first kappa shape index (κ1) is 14.9. The van der Waals surface area contributed by atoms with Gasteiger partial charge in [-0.25, -0.2) is 4.98 Å². The molecule has 0 bridgehead atoms. The van der Waals surface area contributed by atoms with E-state index in [0.29, 0.717) is 12.1 Å². The molecule has 0 aliphatic rings. The van der Waals surface area contributed by atoms with Crippen LogP contribution in [0.5, 0.6) is 0 Å². The summed E-state index contributed by atoms with van der Waals surface area (Å²) < 4.78 is 0. The van der Waals surface area contributed by atoms with Crippen LogP contribution in [0.1, 0.15) is 11.1 Å². The van der Waals surface area contributed by atoms with Crippen molar-refractivity contribution in [2.45, 2.75) is 6.54 Å². The fourth-order valence-electron chi connectivity index (χ4n) is 2.47. The van der Waals surface area contributed by atoms with Gasteiger partial charge in [0.05, 0.1) is 17.1 Å². The maximum atomic E-state index is 8.86. The first-order valence-corrected chi connectivity index (χ1v) is 7.47. The maximum Gasteiger partial charge on any atom is 0.129 e. The number of rotatable bonds is 4. The smallest absolute Gasteiger partial charge is 0.129 e. The molecule has 23 heavy (non-hydrogen) atoms. The zero-order chi connectivity index (χ0) is 16.2. The molecule has 3 rings (SSSR count). The van der Waals surface area contributed by atoms with Crippen molar-refractivity contribution in [3.63, 3.8) is 0 Å². The number of anilines is 2. The highest BCUT2D eigenvalue weighted by molar-refractivity contribution is 5.84. The summed E-state index contributed by atoms with van der Waals surface area (Å²) in [6.07, 6.45) is 0. The summed E-state index contributed by atoms with van der Waals surface area (Å²) in [5, 5.41) is 13.4. The molecule has 114 valence electrons. The summed E-state index contributed by atoms with van der Waals surface area (Å²) in [6.45, 7) is 0.704. The minimum atomic E-state index is 0.666. The summed E-state index contributed by atoms with van der Waals surface area (Å²) in [7, 11) is 3.99. The Kier molecular flexibility index (Phi) is 4.11. The monoisotopic (exact) mass is 302 g/mol. The standard InChI is InChI=1S/C19H18N4/c1-23(2)19-11-15(17-5-3-4-6-18(17)22-19)13-21-16-9-7-14(12-20)8-10-16/h3-11,21H,13H2,1-2H3. The summed E-state index contributed by atoms with van der Waals surface area (Å²) in [6, 6.07) is 19.9. The third kappa shape index (κ3) is 3.24. The molecule has 0 fully saturated rings. The third-order valence-corrected chi connectivity index (χ3v) is 3.74. The predicted molar refractivity (Wildman–Crippen MR) is 94.6 cm³/mol. The zero-order valence-electron chi connectivity index (χ0n) is 13.2. The molecule has 0 saturated heterocycles. The Bertz CT molecular complexity index is 861. The molecule has 0 atom stereocenters. The number of nitrogens with one attached hydrogen (secondary N) is 1.